The van der Waals surface area contributed by atoms with E-state index in [4.69, 9.17) is 21.6 Å². The number of fused-ring (bicyclic) bond motifs is 1. The van der Waals surface area contributed by atoms with Crippen molar-refractivity contribution < 1.29 is 14.7 Å². The summed E-state index contributed by atoms with van der Waals surface area (Å²) >= 11 is 8.06. The molecule has 1 atom stereocenters. The first kappa shape index (κ1) is 27.2. The lowest BCUT2D eigenvalue weighted by molar-refractivity contribution is -0.127. The first-order valence-electron chi connectivity index (χ1n) is 13.5. The Balaban J connectivity index is 1.19. The van der Waals surface area contributed by atoms with Crippen molar-refractivity contribution in [2.75, 3.05) is 30.4 Å². The zero-order valence-electron chi connectivity index (χ0n) is 22.4. The van der Waals surface area contributed by atoms with Gasteiger partial charge in [0.2, 0.25) is 5.95 Å². The van der Waals surface area contributed by atoms with Crippen molar-refractivity contribution in [3.63, 3.8) is 0 Å². The number of rotatable bonds is 7. The molecule has 0 saturated carbocycles. The second-order valence-electron chi connectivity index (χ2n) is 10.2. The molecule has 2 aliphatic rings. The van der Waals surface area contributed by atoms with E-state index < -0.39 is 17.9 Å². The quantitative estimate of drug-likeness (QED) is 0.241. The van der Waals surface area contributed by atoms with Crippen LogP contribution in [0.2, 0.25) is 5.02 Å². The molecule has 6 rings (SSSR count). The van der Waals surface area contributed by atoms with Gasteiger partial charge in [0.15, 0.2) is 5.65 Å². The third-order valence-electron chi connectivity index (χ3n) is 7.46. The van der Waals surface area contributed by atoms with Gasteiger partial charge in [0.1, 0.15) is 21.9 Å². The summed E-state index contributed by atoms with van der Waals surface area (Å²) in [6.45, 7) is 1.97. The lowest BCUT2D eigenvalue weighted by atomic mass is 10.0. The fourth-order valence-electron chi connectivity index (χ4n) is 5.22. The minimum atomic E-state index is -0.707. The molecular formula is C30H29ClN6O3S. The number of hydrogen-bond donors (Lipinski definition) is 3. The average molecular weight is 589 g/mol. The van der Waals surface area contributed by atoms with Gasteiger partial charge < -0.3 is 25.2 Å². The van der Waals surface area contributed by atoms with Crippen LogP contribution in [-0.4, -0.2) is 63.0 Å². The number of benzene rings is 2. The van der Waals surface area contributed by atoms with E-state index in [1.807, 2.05) is 48.5 Å². The Morgan fingerprint density at radius 2 is 1.85 bits per heavy atom. The van der Waals surface area contributed by atoms with E-state index in [1.54, 1.807) is 19.2 Å². The number of aromatic amines is 1. The van der Waals surface area contributed by atoms with Crippen LogP contribution >= 0.6 is 23.4 Å². The van der Waals surface area contributed by atoms with Crippen molar-refractivity contribution in [1.29, 1.82) is 0 Å². The fourth-order valence-corrected chi connectivity index (χ4v) is 6.36. The van der Waals surface area contributed by atoms with E-state index in [9.17, 15) is 14.7 Å². The standard InChI is InChI=1S/C30H29ClN6O3S/c1-36-21(17-18-9-4-2-5-10-18)26(38)24(29(36)40)28(39)32-19-11-8-12-22(25(19)31)41-23-14-13-20-27(34-23)35-30(33-20)37-15-6-3-7-16-37/h2,4-5,8-14,21,38H,3,6-7,15-17H2,1H3,(H,32,39)(H,33,34,35). The number of anilines is 2. The van der Waals surface area contributed by atoms with Crippen molar-refractivity contribution in [3.8, 4) is 0 Å². The first-order chi connectivity index (χ1) is 19.9. The number of halogens is 1. The number of carbonyl (C=O) groups excluding carboxylic acids is 2. The second kappa shape index (κ2) is 11.5. The maximum Gasteiger partial charge on any atom is 0.264 e. The van der Waals surface area contributed by atoms with Gasteiger partial charge in [0, 0.05) is 31.5 Å². The van der Waals surface area contributed by atoms with Crippen LogP contribution in [-0.2, 0) is 16.0 Å². The van der Waals surface area contributed by atoms with Gasteiger partial charge in [-0.15, -0.1) is 0 Å². The molecule has 2 aliphatic heterocycles. The van der Waals surface area contributed by atoms with Crippen LogP contribution in [0, 0.1) is 0 Å². The topological polar surface area (TPSA) is 114 Å². The summed E-state index contributed by atoms with van der Waals surface area (Å²) in [4.78, 5) is 43.3. The molecule has 0 radical (unpaired) electrons. The van der Waals surface area contributed by atoms with E-state index >= 15 is 0 Å². The number of aliphatic hydroxyl groups excluding tert-OH is 1. The van der Waals surface area contributed by atoms with Crippen molar-refractivity contribution in [3.05, 3.63) is 82.6 Å². The number of likely N-dealkylation sites (N-methyl/N-ethyl adjacent to an activating group) is 1. The van der Waals surface area contributed by atoms with E-state index in [-0.39, 0.29) is 11.3 Å². The van der Waals surface area contributed by atoms with Gasteiger partial charge in [-0.1, -0.05) is 59.8 Å². The average Bonchev–Trinajstić information content (AvgIpc) is 3.50. The summed E-state index contributed by atoms with van der Waals surface area (Å²) < 4.78 is 0. The van der Waals surface area contributed by atoms with Gasteiger partial charge in [-0.25, -0.2) is 9.97 Å². The Hall–Kier alpha value is -4.02. The summed E-state index contributed by atoms with van der Waals surface area (Å²) in [6.07, 6.45) is 3.96. The predicted molar refractivity (Wildman–Crippen MR) is 161 cm³/mol. The third kappa shape index (κ3) is 5.49. The van der Waals surface area contributed by atoms with Gasteiger partial charge in [-0.2, -0.15) is 0 Å². The van der Waals surface area contributed by atoms with Gasteiger partial charge in [0.05, 0.1) is 16.8 Å². The Kier molecular flexibility index (Phi) is 7.59. The molecule has 0 aliphatic carbocycles. The molecular weight excluding hydrogens is 560 g/mol. The van der Waals surface area contributed by atoms with Crippen molar-refractivity contribution in [2.45, 2.75) is 41.6 Å². The summed E-state index contributed by atoms with van der Waals surface area (Å²) in [5.74, 6) is -0.654. The molecule has 9 nitrogen and oxygen atoms in total. The maximum absolute atomic E-state index is 13.2. The smallest absolute Gasteiger partial charge is 0.264 e. The van der Waals surface area contributed by atoms with Crippen LogP contribution in [0.5, 0.6) is 0 Å². The molecule has 41 heavy (non-hydrogen) atoms. The normalized spacial score (nSPS) is 17.5. The van der Waals surface area contributed by atoms with Gasteiger partial charge in [-0.3, -0.25) is 9.59 Å². The number of hydrogen-bond acceptors (Lipinski definition) is 7. The minimum Gasteiger partial charge on any atom is -0.509 e. The molecule has 4 aromatic rings. The van der Waals surface area contributed by atoms with Gasteiger partial charge in [0.25, 0.3) is 11.8 Å². The van der Waals surface area contributed by atoms with E-state index in [0.717, 1.165) is 43.0 Å². The summed E-state index contributed by atoms with van der Waals surface area (Å²) in [5, 5.41) is 14.6. The van der Waals surface area contributed by atoms with Gasteiger partial charge >= 0.3 is 0 Å². The highest BCUT2D eigenvalue weighted by atomic mass is 35.5. The van der Waals surface area contributed by atoms with E-state index in [1.165, 1.54) is 23.1 Å². The van der Waals surface area contributed by atoms with Crippen molar-refractivity contribution in [1.82, 2.24) is 19.9 Å². The van der Waals surface area contributed by atoms with Crippen LogP contribution in [0.1, 0.15) is 24.8 Å². The maximum atomic E-state index is 13.2. The highest BCUT2D eigenvalue weighted by molar-refractivity contribution is 7.99. The number of aliphatic hydroxyl groups is 1. The summed E-state index contributed by atoms with van der Waals surface area (Å²) in [5.41, 5.74) is 2.50. The number of aromatic nitrogens is 3. The molecule has 0 spiro atoms. The lowest BCUT2D eigenvalue weighted by Gasteiger charge is -2.25. The number of carbonyl (C=O) groups is 2. The molecule has 2 aromatic heterocycles. The van der Waals surface area contributed by atoms with Crippen LogP contribution < -0.4 is 10.2 Å². The molecule has 1 saturated heterocycles. The Labute approximate surface area is 246 Å². The second-order valence-corrected chi connectivity index (χ2v) is 11.6. The lowest BCUT2D eigenvalue weighted by Crippen LogP contribution is -2.34. The molecule has 210 valence electrons. The Bertz CT molecular complexity index is 1650. The highest BCUT2D eigenvalue weighted by Gasteiger charge is 2.40. The SMILES string of the molecule is CN1C(=O)C(C(=O)Nc2cccc(Sc3ccc4nc(N5CCCCC5)[nH]c4n3)c2Cl)=C(O)C1Cc1ccccc1. The van der Waals surface area contributed by atoms with Crippen molar-refractivity contribution >= 4 is 58.0 Å². The monoisotopic (exact) mass is 588 g/mol. The van der Waals surface area contributed by atoms with Gasteiger partial charge in [-0.05, 0) is 49.1 Å². The number of nitrogens with one attached hydrogen (secondary N) is 2. The molecule has 2 aromatic carbocycles. The molecule has 11 heteroatoms. The number of H-pyrrole nitrogens is 1. The number of imidazole rings is 1. The molecule has 0 bridgehead atoms. The molecule has 4 heterocycles. The zero-order valence-corrected chi connectivity index (χ0v) is 24.0. The van der Waals surface area contributed by atoms with Crippen LogP contribution in [0.25, 0.3) is 11.2 Å². The molecule has 2 amide bonds. The fraction of sp³-hybridized carbons (Fsp3) is 0.267. The predicted octanol–water partition coefficient (Wildman–Crippen LogP) is 5.59. The number of pyridine rings is 1. The summed E-state index contributed by atoms with van der Waals surface area (Å²) in [6, 6.07) is 18.0. The molecule has 1 unspecified atom stereocenters. The summed E-state index contributed by atoms with van der Waals surface area (Å²) in [7, 11) is 1.58. The number of nitrogens with zero attached hydrogens (tertiary/aromatic N) is 4. The zero-order chi connectivity index (χ0) is 28.5. The van der Waals surface area contributed by atoms with E-state index in [2.05, 4.69) is 15.2 Å². The molecule has 3 N–H and O–H groups in total. The number of amides is 2. The van der Waals surface area contributed by atoms with Crippen molar-refractivity contribution in [2.24, 2.45) is 0 Å². The van der Waals surface area contributed by atoms with Crippen LogP contribution in [0.4, 0.5) is 11.6 Å². The van der Waals surface area contributed by atoms with Crippen LogP contribution in [0.15, 0.2) is 81.9 Å². The minimum absolute atomic E-state index is 0.249. The first-order valence-corrected chi connectivity index (χ1v) is 14.7. The van der Waals surface area contributed by atoms with Crippen LogP contribution in [0.3, 0.4) is 0 Å². The Morgan fingerprint density at radius 1 is 1.07 bits per heavy atom. The highest BCUT2D eigenvalue weighted by Crippen LogP contribution is 2.38. The number of piperidine rings is 1. The van der Waals surface area contributed by atoms with E-state index in [0.29, 0.717) is 32.7 Å². The Morgan fingerprint density at radius 3 is 2.63 bits per heavy atom. The molecule has 1 fully saturated rings. The third-order valence-corrected chi connectivity index (χ3v) is 8.97. The largest absolute Gasteiger partial charge is 0.509 e.